The normalized spacial score (nSPS) is 11.5. The second-order valence-electron chi connectivity index (χ2n) is 4.64. The van der Waals surface area contributed by atoms with Crippen molar-refractivity contribution in [2.45, 2.75) is 20.8 Å². The fraction of sp³-hybridized carbons (Fsp3) is 0.500. The lowest BCUT2D eigenvalue weighted by atomic mass is 9.95. The summed E-state index contributed by atoms with van der Waals surface area (Å²) < 4.78 is 12.8. The summed E-state index contributed by atoms with van der Waals surface area (Å²) in [6.07, 6.45) is 0. The Hall–Kier alpha value is -1.09. The molecule has 3 heteroatoms. The van der Waals surface area contributed by atoms with Crippen LogP contribution in [-0.4, -0.2) is 18.3 Å². The van der Waals surface area contributed by atoms with E-state index < -0.39 is 0 Å². The second-order valence-corrected chi connectivity index (χ2v) is 4.64. The molecule has 1 aromatic rings. The van der Waals surface area contributed by atoms with Crippen LogP contribution in [0.15, 0.2) is 18.2 Å². The number of hydrogen-bond acceptors (Lipinski definition) is 2. The molecule has 1 rings (SSSR count). The lowest BCUT2D eigenvalue weighted by Gasteiger charge is -2.23. The maximum Gasteiger partial charge on any atom is 0.123 e. The first-order chi connectivity index (χ1) is 6.94. The van der Waals surface area contributed by atoms with E-state index in [0.717, 1.165) is 11.3 Å². The first-order valence-corrected chi connectivity index (χ1v) is 5.05. The number of benzene rings is 1. The van der Waals surface area contributed by atoms with E-state index in [1.807, 2.05) is 20.8 Å². The highest BCUT2D eigenvalue weighted by Crippen LogP contribution is 2.19. The molecule has 0 unspecified atom stereocenters. The minimum absolute atomic E-state index is 0.125. The number of aryl methyl sites for hydroxylation is 1. The van der Waals surface area contributed by atoms with Gasteiger partial charge in [-0.2, -0.15) is 0 Å². The van der Waals surface area contributed by atoms with Crippen LogP contribution in [0.1, 0.15) is 19.4 Å². The van der Waals surface area contributed by atoms with Gasteiger partial charge in [0.25, 0.3) is 0 Å². The van der Waals surface area contributed by atoms with Crippen molar-refractivity contribution < 1.29 is 9.50 Å². The standard InChI is InChI=1S/C12H18FNO/c1-9-6-10(13)4-5-11(9)14-7-12(2,3)8-15/h4-6,14-15H,7-8H2,1-3H3. The highest BCUT2D eigenvalue weighted by Gasteiger charge is 2.16. The van der Waals surface area contributed by atoms with Gasteiger partial charge in [0.05, 0.1) is 0 Å². The summed E-state index contributed by atoms with van der Waals surface area (Å²) in [6.45, 7) is 6.59. The van der Waals surface area contributed by atoms with Crippen LogP contribution < -0.4 is 5.32 Å². The van der Waals surface area contributed by atoms with Crippen LogP contribution in [0.3, 0.4) is 0 Å². The molecule has 1 aromatic carbocycles. The summed E-state index contributed by atoms with van der Waals surface area (Å²) in [5.74, 6) is -0.223. The predicted molar refractivity (Wildman–Crippen MR) is 60.5 cm³/mol. The third-order valence-electron chi connectivity index (χ3n) is 2.37. The average Bonchev–Trinajstić information content (AvgIpc) is 2.16. The van der Waals surface area contributed by atoms with E-state index in [-0.39, 0.29) is 17.8 Å². The van der Waals surface area contributed by atoms with Crippen molar-refractivity contribution in [3.05, 3.63) is 29.6 Å². The number of rotatable bonds is 4. The summed E-state index contributed by atoms with van der Waals surface area (Å²) in [5.41, 5.74) is 1.63. The number of hydrogen-bond donors (Lipinski definition) is 2. The van der Waals surface area contributed by atoms with E-state index in [2.05, 4.69) is 5.32 Å². The molecule has 84 valence electrons. The Labute approximate surface area is 90.1 Å². The van der Waals surface area contributed by atoms with Crippen molar-refractivity contribution in [2.75, 3.05) is 18.5 Å². The van der Waals surface area contributed by atoms with Gasteiger partial charge < -0.3 is 10.4 Å². The molecule has 0 radical (unpaired) electrons. The molecule has 0 heterocycles. The summed E-state index contributed by atoms with van der Waals surface area (Å²) in [6, 6.07) is 4.65. The van der Waals surface area contributed by atoms with Crippen LogP contribution in [0.25, 0.3) is 0 Å². The summed E-state index contributed by atoms with van der Waals surface area (Å²) in [7, 11) is 0. The van der Waals surface area contributed by atoms with E-state index in [0.29, 0.717) is 6.54 Å². The van der Waals surface area contributed by atoms with E-state index in [1.54, 1.807) is 6.07 Å². The number of aliphatic hydroxyl groups excluding tert-OH is 1. The highest BCUT2D eigenvalue weighted by atomic mass is 19.1. The lowest BCUT2D eigenvalue weighted by molar-refractivity contribution is 0.171. The minimum Gasteiger partial charge on any atom is -0.396 e. The maximum atomic E-state index is 12.8. The zero-order chi connectivity index (χ0) is 11.5. The largest absolute Gasteiger partial charge is 0.396 e. The molecule has 2 N–H and O–H groups in total. The smallest absolute Gasteiger partial charge is 0.123 e. The molecule has 0 atom stereocenters. The molecule has 0 amide bonds. The third kappa shape index (κ3) is 3.51. The molecule has 0 saturated carbocycles. The van der Waals surface area contributed by atoms with Crippen LogP contribution in [-0.2, 0) is 0 Å². The van der Waals surface area contributed by atoms with E-state index >= 15 is 0 Å². The first kappa shape index (κ1) is 12.0. The van der Waals surface area contributed by atoms with Gasteiger partial charge in [0.1, 0.15) is 5.82 Å². The molecule has 0 aliphatic carbocycles. The maximum absolute atomic E-state index is 12.8. The van der Waals surface area contributed by atoms with Crippen molar-refractivity contribution in [3.8, 4) is 0 Å². The fourth-order valence-corrected chi connectivity index (χ4v) is 1.22. The van der Waals surface area contributed by atoms with Gasteiger partial charge in [-0.3, -0.25) is 0 Å². The zero-order valence-corrected chi connectivity index (χ0v) is 9.47. The summed E-state index contributed by atoms with van der Waals surface area (Å²) >= 11 is 0. The van der Waals surface area contributed by atoms with Crippen molar-refractivity contribution in [1.82, 2.24) is 0 Å². The molecule has 0 aliphatic rings. The Morgan fingerprint density at radius 3 is 2.60 bits per heavy atom. The Balaban J connectivity index is 2.66. The predicted octanol–water partition coefficient (Wildman–Crippen LogP) is 2.56. The SMILES string of the molecule is Cc1cc(F)ccc1NCC(C)(C)CO. The highest BCUT2D eigenvalue weighted by molar-refractivity contribution is 5.50. The van der Waals surface area contributed by atoms with Crippen molar-refractivity contribution in [2.24, 2.45) is 5.41 Å². The lowest BCUT2D eigenvalue weighted by Crippen LogP contribution is -2.27. The Morgan fingerprint density at radius 1 is 1.40 bits per heavy atom. The molecule has 0 bridgehead atoms. The van der Waals surface area contributed by atoms with Crippen LogP contribution >= 0.6 is 0 Å². The third-order valence-corrected chi connectivity index (χ3v) is 2.37. The molecule has 0 aromatic heterocycles. The van der Waals surface area contributed by atoms with Gasteiger partial charge in [0, 0.05) is 24.3 Å². The number of nitrogens with one attached hydrogen (secondary N) is 1. The monoisotopic (exact) mass is 211 g/mol. The van der Waals surface area contributed by atoms with Crippen LogP contribution in [0.4, 0.5) is 10.1 Å². The number of anilines is 1. The molecular formula is C12H18FNO. The molecule has 0 saturated heterocycles. The first-order valence-electron chi connectivity index (χ1n) is 5.05. The van der Waals surface area contributed by atoms with Gasteiger partial charge in [-0.15, -0.1) is 0 Å². The van der Waals surface area contributed by atoms with Gasteiger partial charge in [-0.05, 0) is 30.7 Å². The van der Waals surface area contributed by atoms with Gasteiger partial charge in [0.15, 0.2) is 0 Å². The molecule has 0 fully saturated rings. The topological polar surface area (TPSA) is 32.3 Å². The zero-order valence-electron chi connectivity index (χ0n) is 9.47. The van der Waals surface area contributed by atoms with Crippen molar-refractivity contribution >= 4 is 5.69 Å². The molecular weight excluding hydrogens is 193 g/mol. The molecule has 2 nitrogen and oxygen atoms in total. The molecule has 0 spiro atoms. The van der Waals surface area contributed by atoms with Gasteiger partial charge in [-0.25, -0.2) is 4.39 Å². The number of halogens is 1. The van der Waals surface area contributed by atoms with Crippen LogP contribution in [0.5, 0.6) is 0 Å². The van der Waals surface area contributed by atoms with Crippen molar-refractivity contribution in [1.29, 1.82) is 0 Å². The van der Waals surface area contributed by atoms with E-state index in [4.69, 9.17) is 5.11 Å². The van der Waals surface area contributed by atoms with Gasteiger partial charge in [-0.1, -0.05) is 13.8 Å². The number of aliphatic hydroxyl groups is 1. The van der Waals surface area contributed by atoms with E-state index in [1.165, 1.54) is 12.1 Å². The Morgan fingerprint density at radius 2 is 2.07 bits per heavy atom. The van der Waals surface area contributed by atoms with E-state index in [9.17, 15) is 4.39 Å². The van der Waals surface area contributed by atoms with Crippen molar-refractivity contribution in [3.63, 3.8) is 0 Å². The fourth-order valence-electron chi connectivity index (χ4n) is 1.22. The second kappa shape index (κ2) is 4.62. The Bertz CT molecular complexity index is 336. The quantitative estimate of drug-likeness (QED) is 0.802. The minimum atomic E-state index is -0.223. The van der Waals surface area contributed by atoms with Crippen LogP contribution in [0.2, 0.25) is 0 Å². The summed E-state index contributed by atoms with van der Waals surface area (Å²) in [4.78, 5) is 0. The molecule has 0 aliphatic heterocycles. The summed E-state index contributed by atoms with van der Waals surface area (Å²) in [5, 5.41) is 12.3. The Kier molecular flexibility index (Phi) is 3.69. The van der Waals surface area contributed by atoms with Gasteiger partial charge in [0.2, 0.25) is 0 Å². The molecule has 15 heavy (non-hydrogen) atoms. The van der Waals surface area contributed by atoms with Gasteiger partial charge >= 0.3 is 0 Å². The average molecular weight is 211 g/mol. The van der Waals surface area contributed by atoms with Crippen LogP contribution in [0, 0.1) is 18.2 Å².